The van der Waals surface area contributed by atoms with Gasteiger partial charge in [0.15, 0.2) is 0 Å². The minimum Gasteiger partial charge on any atom is -1.00 e. The van der Waals surface area contributed by atoms with Gasteiger partial charge in [-0.15, -0.1) is 0 Å². The van der Waals surface area contributed by atoms with E-state index in [1.165, 1.54) is 56.4 Å². The van der Waals surface area contributed by atoms with Gasteiger partial charge in [0, 0.05) is 116 Å². The molecule has 45 heavy (non-hydrogen) atoms. The molecule has 1 aliphatic rings. The van der Waals surface area contributed by atoms with Gasteiger partial charge in [-0.2, -0.15) is 4.57 Å². The molecule has 2 heterocycles. The second-order valence-corrected chi connectivity index (χ2v) is 12.9. The minimum absolute atomic E-state index is 0. The van der Waals surface area contributed by atoms with Crippen molar-refractivity contribution in [3.05, 3.63) is 82.9 Å². The van der Waals surface area contributed by atoms with Crippen LogP contribution >= 0.6 is 0 Å². The largest absolute Gasteiger partial charge is 1.00 e. The predicted molar refractivity (Wildman–Crippen MR) is 191 cm³/mol. The van der Waals surface area contributed by atoms with E-state index in [9.17, 15) is 0 Å². The standard InChI is InChI=1S/C19H25N3.C18H23N4.ClH/c1-13-9-15-10-14-7-8-16(20(2)3)11-18(14)22(6)19(15)12-17(13)21(4)5;1-12-9-15-18(11-16(12)21(4)5)22(6)17-10-13(20(2)3)7-8-14(17)19-15;/h7-9,11-12H,10H2,1-6H3;7-11H,1-6H3;1H/q;+1;/p-1. The zero-order valence-electron chi connectivity index (χ0n) is 29.0. The second kappa shape index (κ2) is 13.0. The van der Waals surface area contributed by atoms with Crippen molar-refractivity contribution in [3.8, 4) is 0 Å². The number of hydrogen-bond donors (Lipinski definition) is 0. The number of hydrogen-bond acceptors (Lipinski definition) is 6. The van der Waals surface area contributed by atoms with Gasteiger partial charge in [0.05, 0.1) is 0 Å². The number of nitrogens with zero attached hydrogens (tertiary/aromatic N) is 7. The van der Waals surface area contributed by atoms with Gasteiger partial charge in [-0.1, -0.05) is 12.1 Å². The van der Waals surface area contributed by atoms with Crippen molar-refractivity contribution in [1.29, 1.82) is 0 Å². The van der Waals surface area contributed by atoms with Crippen LogP contribution in [-0.2, 0) is 13.5 Å². The number of aryl methyl sites for hydroxylation is 3. The third-order valence-electron chi connectivity index (χ3n) is 8.78. The number of aromatic nitrogens is 2. The van der Waals surface area contributed by atoms with Crippen LogP contribution in [0.25, 0.3) is 22.1 Å². The molecule has 0 fully saturated rings. The molecule has 7 nitrogen and oxygen atoms in total. The Morgan fingerprint density at radius 1 is 0.600 bits per heavy atom. The Hall–Kier alpha value is -4.23. The summed E-state index contributed by atoms with van der Waals surface area (Å²) in [4.78, 5) is 15.8. The van der Waals surface area contributed by atoms with Gasteiger partial charge in [0.1, 0.15) is 18.1 Å². The molecule has 0 saturated carbocycles. The van der Waals surface area contributed by atoms with E-state index in [0.717, 1.165) is 28.5 Å². The van der Waals surface area contributed by atoms with Gasteiger partial charge in [-0.3, -0.25) is 0 Å². The van der Waals surface area contributed by atoms with Crippen molar-refractivity contribution in [2.75, 3.05) is 87.9 Å². The molecular formula is C37H48ClN7. The topological polar surface area (TPSA) is 33.0 Å². The first-order chi connectivity index (χ1) is 20.8. The van der Waals surface area contributed by atoms with E-state index in [2.05, 4.69) is 174 Å². The van der Waals surface area contributed by atoms with Crippen molar-refractivity contribution < 1.29 is 17.0 Å². The molecule has 5 aromatic rings. The van der Waals surface area contributed by atoms with Crippen molar-refractivity contribution in [2.45, 2.75) is 20.3 Å². The summed E-state index contributed by atoms with van der Waals surface area (Å²) in [5.74, 6) is 0. The number of rotatable bonds is 4. The van der Waals surface area contributed by atoms with Crippen LogP contribution in [0.15, 0.2) is 60.7 Å². The Morgan fingerprint density at radius 2 is 1.13 bits per heavy atom. The highest BCUT2D eigenvalue weighted by atomic mass is 35.5. The molecule has 4 aromatic carbocycles. The van der Waals surface area contributed by atoms with Crippen LogP contribution in [0.4, 0.5) is 34.1 Å². The Balaban J connectivity index is 0.000000200. The normalized spacial score (nSPS) is 11.7. The summed E-state index contributed by atoms with van der Waals surface area (Å²) in [7, 11) is 20.9. The number of fused-ring (bicyclic) bond motifs is 4. The summed E-state index contributed by atoms with van der Waals surface area (Å²) in [6.07, 6.45) is 1.01. The average Bonchev–Trinajstić information content (AvgIpc) is 2.96. The molecule has 0 N–H and O–H groups in total. The molecule has 0 saturated heterocycles. The van der Waals surface area contributed by atoms with Crippen LogP contribution in [0.3, 0.4) is 0 Å². The minimum atomic E-state index is 0. The summed E-state index contributed by atoms with van der Waals surface area (Å²) in [6, 6.07) is 22.2. The van der Waals surface area contributed by atoms with E-state index >= 15 is 0 Å². The van der Waals surface area contributed by atoms with Crippen LogP contribution in [0, 0.1) is 13.8 Å². The lowest BCUT2D eigenvalue weighted by atomic mass is 9.93. The maximum Gasteiger partial charge on any atom is 0.233 e. The summed E-state index contributed by atoms with van der Waals surface area (Å²) in [5.41, 5.74) is 17.3. The summed E-state index contributed by atoms with van der Waals surface area (Å²) in [6.45, 7) is 4.33. The predicted octanol–water partition coefficient (Wildman–Crippen LogP) is 3.46. The van der Waals surface area contributed by atoms with Crippen LogP contribution < -0.4 is 41.5 Å². The molecule has 0 spiro atoms. The van der Waals surface area contributed by atoms with Gasteiger partial charge >= 0.3 is 0 Å². The zero-order chi connectivity index (χ0) is 32.0. The lowest BCUT2D eigenvalue weighted by molar-refractivity contribution is -0.617. The molecular weight excluding hydrogens is 578 g/mol. The highest BCUT2D eigenvalue weighted by Gasteiger charge is 2.22. The Kier molecular flexibility index (Phi) is 9.74. The van der Waals surface area contributed by atoms with E-state index < -0.39 is 0 Å². The van der Waals surface area contributed by atoms with Gasteiger partial charge in [-0.05, 0) is 72.5 Å². The molecule has 0 bridgehead atoms. The fourth-order valence-corrected chi connectivity index (χ4v) is 6.23. The fraction of sp³-hybridized carbons (Fsp3) is 0.351. The Labute approximate surface area is 275 Å². The molecule has 0 amide bonds. The van der Waals surface area contributed by atoms with E-state index in [0.29, 0.717) is 0 Å². The van der Waals surface area contributed by atoms with Crippen molar-refractivity contribution in [1.82, 2.24) is 4.98 Å². The summed E-state index contributed by atoms with van der Waals surface area (Å²) in [5, 5.41) is 0. The van der Waals surface area contributed by atoms with E-state index in [1.54, 1.807) is 0 Å². The van der Waals surface area contributed by atoms with Crippen molar-refractivity contribution in [3.63, 3.8) is 0 Å². The fourth-order valence-electron chi connectivity index (χ4n) is 6.23. The summed E-state index contributed by atoms with van der Waals surface area (Å²) < 4.78 is 2.23. The van der Waals surface area contributed by atoms with Crippen molar-refractivity contribution in [2.24, 2.45) is 7.05 Å². The molecule has 0 radical (unpaired) electrons. The Bertz CT molecular complexity index is 1860. The molecule has 1 aromatic heterocycles. The van der Waals surface area contributed by atoms with E-state index in [4.69, 9.17) is 4.98 Å². The number of benzene rings is 4. The molecule has 0 unspecified atom stereocenters. The first-order valence-corrected chi connectivity index (χ1v) is 15.2. The highest BCUT2D eigenvalue weighted by Crippen LogP contribution is 2.41. The van der Waals surface area contributed by atoms with E-state index in [1.807, 2.05) is 0 Å². The molecule has 1 aliphatic heterocycles. The molecule has 6 rings (SSSR count). The van der Waals surface area contributed by atoms with Crippen LogP contribution in [0.1, 0.15) is 22.3 Å². The first-order valence-electron chi connectivity index (χ1n) is 15.2. The monoisotopic (exact) mass is 625 g/mol. The van der Waals surface area contributed by atoms with Gasteiger partial charge in [-0.25, -0.2) is 4.98 Å². The van der Waals surface area contributed by atoms with Gasteiger partial charge < -0.3 is 36.9 Å². The smallest absolute Gasteiger partial charge is 0.233 e. The zero-order valence-corrected chi connectivity index (χ0v) is 29.7. The average molecular weight is 626 g/mol. The van der Waals surface area contributed by atoms with Gasteiger partial charge in [0.25, 0.3) is 0 Å². The lowest BCUT2D eigenvalue weighted by Crippen LogP contribution is -3.00. The van der Waals surface area contributed by atoms with Crippen LogP contribution in [0.5, 0.6) is 0 Å². The molecule has 8 heteroatoms. The second-order valence-electron chi connectivity index (χ2n) is 12.9. The highest BCUT2D eigenvalue weighted by molar-refractivity contribution is 5.86. The SMILES string of the molecule is Cc1cc2c(cc1N(C)C)N(C)c1cc(N(C)C)ccc1C2.Cc1cc2nc3ccc(N(C)C)cc3[n+](C)c2cc1N(C)C.[Cl-]. The van der Waals surface area contributed by atoms with Gasteiger partial charge in [0.2, 0.25) is 11.0 Å². The van der Waals surface area contributed by atoms with Crippen molar-refractivity contribution >= 4 is 56.2 Å². The Morgan fingerprint density at radius 3 is 1.76 bits per heavy atom. The first kappa shape index (κ1) is 33.7. The maximum atomic E-state index is 4.84. The third kappa shape index (κ3) is 6.45. The lowest BCUT2D eigenvalue weighted by Gasteiger charge is -2.33. The molecule has 0 atom stereocenters. The number of halogens is 1. The molecule has 0 aliphatic carbocycles. The van der Waals surface area contributed by atoms with Crippen LogP contribution in [-0.4, -0.2) is 68.4 Å². The quantitative estimate of drug-likeness (QED) is 0.225. The van der Waals surface area contributed by atoms with E-state index in [-0.39, 0.29) is 12.4 Å². The van der Waals surface area contributed by atoms with Crippen LogP contribution in [0.2, 0.25) is 0 Å². The number of anilines is 6. The summed E-state index contributed by atoms with van der Waals surface area (Å²) >= 11 is 0. The third-order valence-corrected chi connectivity index (χ3v) is 8.78. The molecule has 238 valence electrons. The maximum absolute atomic E-state index is 4.84.